The Labute approximate surface area is 108 Å². The van der Waals surface area contributed by atoms with E-state index in [1.165, 1.54) is 0 Å². The van der Waals surface area contributed by atoms with E-state index >= 15 is 0 Å². The van der Waals surface area contributed by atoms with Crippen LogP contribution in [0, 0.1) is 0 Å². The van der Waals surface area contributed by atoms with Gasteiger partial charge in [0, 0.05) is 5.57 Å². The maximum Gasteiger partial charge on any atom is 0.474 e. The van der Waals surface area contributed by atoms with E-state index in [0.717, 1.165) is 0 Å². The Morgan fingerprint density at radius 2 is 1.72 bits per heavy atom. The van der Waals surface area contributed by atoms with Gasteiger partial charge in [0.15, 0.2) is 0 Å². The summed E-state index contributed by atoms with van der Waals surface area (Å²) in [4.78, 5) is 11.2. The first kappa shape index (κ1) is 17.3. The zero-order chi connectivity index (χ0) is 14.2. The van der Waals surface area contributed by atoms with Crippen molar-refractivity contribution in [1.29, 1.82) is 0 Å². The molecule has 0 spiro atoms. The van der Waals surface area contributed by atoms with Crippen LogP contribution in [-0.2, 0) is 27.7 Å². The van der Waals surface area contributed by atoms with Gasteiger partial charge in [-0.05, 0) is 27.7 Å². The minimum Gasteiger partial charge on any atom is -0.457 e. The zero-order valence-electron chi connectivity index (χ0n) is 11.3. The molecular formula is C11H21O6P. The maximum absolute atomic E-state index is 11.9. The summed E-state index contributed by atoms with van der Waals surface area (Å²) in [6, 6.07) is 0. The van der Waals surface area contributed by atoms with Gasteiger partial charge in [0.25, 0.3) is 0 Å². The van der Waals surface area contributed by atoms with Gasteiger partial charge < -0.3 is 4.74 Å². The van der Waals surface area contributed by atoms with Crippen molar-refractivity contribution in [2.45, 2.75) is 33.8 Å². The van der Waals surface area contributed by atoms with Gasteiger partial charge in [-0.3, -0.25) is 13.6 Å². The van der Waals surface area contributed by atoms with Crippen molar-refractivity contribution in [1.82, 2.24) is 0 Å². The Morgan fingerprint density at radius 1 is 1.22 bits per heavy atom. The highest BCUT2D eigenvalue weighted by Gasteiger charge is 2.26. The van der Waals surface area contributed by atoms with E-state index in [0.29, 0.717) is 5.57 Å². The van der Waals surface area contributed by atoms with E-state index in [-0.39, 0.29) is 19.8 Å². The number of phosphoric ester groups is 1. The summed E-state index contributed by atoms with van der Waals surface area (Å²) >= 11 is 0. The first-order valence-corrected chi connectivity index (χ1v) is 7.20. The predicted molar refractivity (Wildman–Crippen MR) is 67.2 cm³/mol. The Morgan fingerprint density at radius 3 is 2.11 bits per heavy atom. The lowest BCUT2D eigenvalue weighted by Gasteiger charge is -2.19. The fraction of sp³-hybridized carbons (Fsp3) is 0.727. The van der Waals surface area contributed by atoms with Gasteiger partial charge in [-0.1, -0.05) is 6.58 Å². The molecule has 6 nitrogen and oxygen atoms in total. The second-order valence-electron chi connectivity index (χ2n) is 3.57. The molecule has 0 radical (unpaired) electrons. The second-order valence-corrected chi connectivity index (χ2v) is 5.24. The summed E-state index contributed by atoms with van der Waals surface area (Å²) in [5.41, 5.74) is 0.291. The van der Waals surface area contributed by atoms with E-state index in [2.05, 4.69) is 6.58 Å². The minimum absolute atomic E-state index is 0.0731. The van der Waals surface area contributed by atoms with Gasteiger partial charge in [-0.25, -0.2) is 9.36 Å². The van der Waals surface area contributed by atoms with Crippen LogP contribution >= 0.6 is 7.82 Å². The number of rotatable bonds is 9. The molecule has 0 aromatic heterocycles. The Bertz CT molecular complexity index is 317. The van der Waals surface area contributed by atoms with Crippen molar-refractivity contribution >= 4 is 13.8 Å². The number of hydrogen-bond acceptors (Lipinski definition) is 6. The third-order valence-corrected chi connectivity index (χ3v) is 3.31. The molecule has 1 atom stereocenters. The van der Waals surface area contributed by atoms with E-state index in [1.807, 2.05) is 0 Å². The van der Waals surface area contributed by atoms with Crippen LogP contribution in [0.3, 0.4) is 0 Å². The summed E-state index contributed by atoms with van der Waals surface area (Å²) in [6.07, 6.45) is -0.566. The molecule has 0 amide bonds. The molecule has 18 heavy (non-hydrogen) atoms. The fourth-order valence-corrected chi connectivity index (χ4v) is 2.19. The minimum atomic E-state index is -3.55. The number of ether oxygens (including phenoxy) is 1. The van der Waals surface area contributed by atoms with Gasteiger partial charge in [-0.15, -0.1) is 0 Å². The molecule has 7 heteroatoms. The van der Waals surface area contributed by atoms with Crippen molar-refractivity contribution in [3.8, 4) is 0 Å². The van der Waals surface area contributed by atoms with Crippen molar-refractivity contribution in [2.24, 2.45) is 0 Å². The molecule has 0 bridgehead atoms. The van der Waals surface area contributed by atoms with Crippen LogP contribution < -0.4 is 0 Å². The quantitative estimate of drug-likeness (QED) is 0.367. The number of carbonyl (C=O) groups excluding carboxylic acids is 1. The zero-order valence-corrected chi connectivity index (χ0v) is 12.2. The normalized spacial score (nSPS) is 13.1. The average molecular weight is 280 g/mol. The summed E-state index contributed by atoms with van der Waals surface area (Å²) < 4.78 is 31.8. The lowest BCUT2D eigenvalue weighted by atomic mass is 10.3. The lowest BCUT2D eigenvalue weighted by Crippen LogP contribution is -2.20. The Kier molecular flexibility index (Phi) is 8.11. The molecule has 106 valence electrons. The van der Waals surface area contributed by atoms with Crippen LogP contribution in [-0.4, -0.2) is 31.9 Å². The van der Waals surface area contributed by atoms with Crippen LogP contribution in [0.15, 0.2) is 12.2 Å². The summed E-state index contributed by atoms with van der Waals surface area (Å²) in [7, 11) is -3.55. The largest absolute Gasteiger partial charge is 0.474 e. The summed E-state index contributed by atoms with van der Waals surface area (Å²) in [5, 5.41) is 0. The molecule has 0 aliphatic carbocycles. The molecule has 1 unspecified atom stereocenters. The summed E-state index contributed by atoms with van der Waals surface area (Å²) in [5.74, 6) is -0.520. The van der Waals surface area contributed by atoms with Crippen molar-refractivity contribution < 1.29 is 27.7 Å². The van der Waals surface area contributed by atoms with Crippen LogP contribution in [0.4, 0.5) is 0 Å². The first-order valence-electron chi connectivity index (χ1n) is 5.74. The third kappa shape index (κ3) is 6.91. The van der Waals surface area contributed by atoms with Crippen molar-refractivity contribution in [2.75, 3.05) is 19.8 Å². The molecule has 0 aliphatic rings. The van der Waals surface area contributed by atoms with Crippen LogP contribution in [0.2, 0.25) is 0 Å². The van der Waals surface area contributed by atoms with Gasteiger partial charge in [0.1, 0.15) is 6.10 Å². The standard InChI is InChI=1S/C11H21O6P/c1-6-14-18(13,15-7-2)16-8-10(5)17-11(12)9(3)4/h10H,3,6-8H2,1-2,4-5H3. The third-order valence-electron chi connectivity index (χ3n) is 1.70. The lowest BCUT2D eigenvalue weighted by molar-refractivity contribution is -0.145. The highest BCUT2D eigenvalue weighted by molar-refractivity contribution is 7.48. The van der Waals surface area contributed by atoms with Gasteiger partial charge >= 0.3 is 13.8 Å². The molecule has 0 fully saturated rings. The number of carbonyl (C=O) groups is 1. The fourth-order valence-electron chi connectivity index (χ4n) is 0.942. The van der Waals surface area contributed by atoms with E-state index < -0.39 is 19.9 Å². The van der Waals surface area contributed by atoms with E-state index in [9.17, 15) is 9.36 Å². The first-order chi connectivity index (χ1) is 8.34. The Hall–Kier alpha value is -0.680. The van der Waals surface area contributed by atoms with Gasteiger partial charge in [-0.2, -0.15) is 0 Å². The molecule has 0 saturated carbocycles. The predicted octanol–water partition coefficient (Wildman–Crippen LogP) is 2.69. The van der Waals surface area contributed by atoms with Crippen LogP contribution in [0.25, 0.3) is 0 Å². The van der Waals surface area contributed by atoms with Gasteiger partial charge in [0.2, 0.25) is 0 Å². The highest BCUT2D eigenvalue weighted by atomic mass is 31.2. The molecule has 0 aromatic rings. The molecule has 0 saturated heterocycles. The smallest absolute Gasteiger partial charge is 0.457 e. The SMILES string of the molecule is C=C(C)C(=O)OC(C)COP(=O)(OCC)OCC. The van der Waals surface area contributed by atoms with Crippen LogP contribution in [0.5, 0.6) is 0 Å². The van der Waals surface area contributed by atoms with Gasteiger partial charge in [0.05, 0.1) is 19.8 Å². The monoisotopic (exact) mass is 280 g/mol. The second kappa shape index (κ2) is 8.43. The topological polar surface area (TPSA) is 71.1 Å². The maximum atomic E-state index is 11.9. The Balaban J connectivity index is 4.23. The molecule has 0 aromatic carbocycles. The van der Waals surface area contributed by atoms with Crippen molar-refractivity contribution in [3.63, 3.8) is 0 Å². The average Bonchev–Trinajstić information content (AvgIpc) is 2.27. The molecule has 0 rings (SSSR count). The molecular weight excluding hydrogens is 259 g/mol. The highest BCUT2D eigenvalue weighted by Crippen LogP contribution is 2.49. The molecule has 0 N–H and O–H groups in total. The van der Waals surface area contributed by atoms with Crippen molar-refractivity contribution in [3.05, 3.63) is 12.2 Å². The van der Waals surface area contributed by atoms with E-state index in [1.54, 1.807) is 27.7 Å². The molecule has 0 heterocycles. The number of hydrogen-bond donors (Lipinski definition) is 0. The number of phosphoric acid groups is 1. The van der Waals surface area contributed by atoms with Crippen LogP contribution in [0.1, 0.15) is 27.7 Å². The summed E-state index contributed by atoms with van der Waals surface area (Å²) in [6.45, 7) is 10.3. The molecule has 0 aliphatic heterocycles. The van der Waals surface area contributed by atoms with E-state index in [4.69, 9.17) is 18.3 Å². The number of esters is 1.